The number of fused-ring (bicyclic) bond motifs is 2. The maximum absolute atomic E-state index is 12.4. The highest BCUT2D eigenvalue weighted by Crippen LogP contribution is 2.29. The topological polar surface area (TPSA) is 77.0 Å². The van der Waals surface area contributed by atoms with Crippen LogP contribution in [0.1, 0.15) is 17.3 Å². The van der Waals surface area contributed by atoms with E-state index in [2.05, 4.69) is 19.0 Å². The fourth-order valence-corrected chi connectivity index (χ4v) is 3.71. The molecular weight excluding hydrogens is 344 g/mol. The molecule has 0 fully saturated rings. The number of hydrogen-bond donors (Lipinski definition) is 1. The molecule has 6 nitrogen and oxygen atoms in total. The van der Waals surface area contributed by atoms with Gasteiger partial charge in [0.15, 0.2) is 5.13 Å². The Morgan fingerprint density at radius 3 is 2.83 bits per heavy atom. The number of nitrogens with one attached hydrogen (secondary N) is 1. The summed E-state index contributed by atoms with van der Waals surface area (Å²) < 4.78 is 14.7. The molecule has 0 atom stereocenters. The molecular formula is C16H12N4O2S2. The number of amides is 1. The van der Waals surface area contributed by atoms with Crippen LogP contribution in [0.2, 0.25) is 0 Å². The second kappa shape index (κ2) is 6.14. The summed E-state index contributed by atoms with van der Waals surface area (Å²) >= 11 is 2.55. The SMILES string of the molecule is CCOc1ccc2nc(NC(=O)c3ccc4nsnc4c3)sc2c1. The van der Waals surface area contributed by atoms with Crippen molar-refractivity contribution in [3.63, 3.8) is 0 Å². The van der Waals surface area contributed by atoms with E-state index in [0.29, 0.717) is 17.3 Å². The lowest BCUT2D eigenvalue weighted by atomic mass is 10.2. The maximum atomic E-state index is 12.4. The van der Waals surface area contributed by atoms with E-state index in [-0.39, 0.29) is 5.91 Å². The Hall–Kier alpha value is -2.58. The zero-order valence-electron chi connectivity index (χ0n) is 12.6. The number of hydrogen-bond acceptors (Lipinski definition) is 7. The van der Waals surface area contributed by atoms with Crippen LogP contribution in [-0.2, 0) is 0 Å². The quantitative estimate of drug-likeness (QED) is 0.599. The molecule has 0 unspecified atom stereocenters. The standard InChI is InChI=1S/C16H12N4O2S2/c1-2-22-10-4-6-12-14(8-10)23-16(17-12)18-15(21)9-3-5-11-13(7-9)20-24-19-11/h3-8H,2H2,1H3,(H,17,18,21). The fraction of sp³-hybridized carbons (Fsp3) is 0.125. The highest BCUT2D eigenvalue weighted by molar-refractivity contribution is 7.22. The van der Waals surface area contributed by atoms with Crippen molar-refractivity contribution in [1.29, 1.82) is 0 Å². The van der Waals surface area contributed by atoms with Crippen LogP contribution in [0.15, 0.2) is 36.4 Å². The number of aromatic nitrogens is 3. The molecule has 24 heavy (non-hydrogen) atoms. The summed E-state index contributed by atoms with van der Waals surface area (Å²) in [7, 11) is 0. The summed E-state index contributed by atoms with van der Waals surface area (Å²) in [5, 5.41) is 3.39. The van der Waals surface area contributed by atoms with E-state index in [1.165, 1.54) is 11.3 Å². The third-order valence-electron chi connectivity index (χ3n) is 3.41. The summed E-state index contributed by atoms with van der Waals surface area (Å²) in [6.07, 6.45) is 0. The molecule has 2 aromatic heterocycles. The van der Waals surface area contributed by atoms with Crippen molar-refractivity contribution in [2.24, 2.45) is 0 Å². The van der Waals surface area contributed by atoms with E-state index in [4.69, 9.17) is 4.74 Å². The molecule has 0 spiro atoms. The van der Waals surface area contributed by atoms with Gasteiger partial charge in [0.05, 0.1) is 28.6 Å². The Kier molecular flexibility index (Phi) is 3.83. The molecule has 0 aliphatic rings. The average molecular weight is 356 g/mol. The average Bonchev–Trinajstić information content (AvgIpc) is 3.19. The minimum atomic E-state index is -0.214. The molecule has 8 heteroatoms. The van der Waals surface area contributed by atoms with Crippen molar-refractivity contribution in [1.82, 2.24) is 13.7 Å². The summed E-state index contributed by atoms with van der Waals surface area (Å²) in [6, 6.07) is 11.0. The number of carbonyl (C=O) groups is 1. The number of anilines is 1. The van der Waals surface area contributed by atoms with Gasteiger partial charge in [0.1, 0.15) is 16.8 Å². The van der Waals surface area contributed by atoms with Crippen molar-refractivity contribution >= 4 is 55.4 Å². The zero-order chi connectivity index (χ0) is 16.5. The van der Waals surface area contributed by atoms with Gasteiger partial charge in [0.25, 0.3) is 5.91 Å². The number of thiazole rings is 1. The molecule has 2 aromatic carbocycles. The first-order valence-electron chi connectivity index (χ1n) is 7.30. The molecule has 4 rings (SSSR count). The summed E-state index contributed by atoms with van der Waals surface area (Å²) in [6.45, 7) is 2.55. The minimum absolute atomic E-state index is 0.214. The number of rotatable bonds is 4. The van der Waals surface area contributed by atoms with Gasteiger partial charge < -0.3 is 4.74 Å². The van der Waals surface area contributed by atoms with Gasteiger partial charge in [-0.3, -0.25) is 10.1 Å². The Balaban J connectivity index is 1.59. The number of carbonyl (C=O) groups excluding carboxylic acids is 1. The normalized spacial score (nSPS) is 11.0. The molecule has 0 aliphatic carbocycles. The Bertz CT molecular complexity index is 1040. The zero-order valence-corrected chi connectivity index (χ0v) is 14.3. The van der Waals surface area contributed by atoms with Crippen LogP contribution in [0.3, 0.4) is 0 Å². The van der Waals surface area contributed by atoms with Gasteiger partial charge in [-0.05, 0) is 43.3 Å². The van der Waals surface area contributed by atoms with Crippen LogP contribution in [-0.4, -0.2) is 26.2 Å². The molecule has 120 valence electrons. The fourth-order valence-electron chi connectivity index (χ4n) is 2.31. The van der Waals surface area contributed by atoms with E-state index in [0.717, 1.165) is 38.7 Å². The van der Waals surface area contributed by atoms with E-state index in [1.54, 1.807) is 18.2 Å². The number of ether oxygens (including phenoxy) is 1. The monoisotopic (exact) mass is 356 g/mol. The Morgan fingerprint density at radius 1 is 1.12 bits per heavy atom. The third kappa shape index (κ3) is 2.81. The molecule has 1 amide bonds. The first-order valence-corrected chi connectivity index (χ1v) is 8.84. The second-order valence-corrected chi connectivity index (χ2v) is 6.56. The molecule has 1 N–H and O–H groups in total. The maximum Gasteiger partial charge on any atom is 0.257 e. The van der Waals surface area contributed by atoms with Gasteiger partial charge in [-0.15, -0.1) is 0 Å². The highest BCUT2D eigenvalue weighted by Gasteiger charge is 2.12. The third-order valence-corrected chi connectivity index (χ3v) is 4.90. The number of nitrogens with zero attached hydrogens (tertiary/aromatic N) is 3. The van der Waals surface area contributed by atoms with Gasteiger partial charge in [0, 0.05) is 5.56 Å². The largest absolute Gasteiger partial charge is 0.494 e. The summed E-state index contributed by atoms with van der Waals surface area (Å²) in [5.74, 6) is 0.585. The van der Waals surface area contributed by atoms with Gasteiger partial charge in [-0.2, -0.15) is 8.75 Å². The lowest BCUT2D eigenvalue weighted by Crippen LogP contribution is -2.11. The predicted octanol–water partition coefficient (Wildman–Crippen LogP) is 3.95. The smallest absolute Gasteiger partial charge is 0.257 e. The van der Waals surface area contributed by atoms with Gasteiger partial charge in [-0.1, -0.05) is 11.3 Å². The first kappa shape index (κ1) is 15.0. The van der Waals surface area contributed by atoms with Gasteiger partial charge in [-0.25, -0.2) is 4.98 Å². The van der Waals surface area contributed by atoms with E-state index >= 15 is 0 Å². The van der Waals surface area contributed by atoms with E-state index < -0.39 is 0 Å². The van der Waals surface area contributed by atoms with Crippen molar-refractivity contribution in [3.8, 4) is 5.75 Å². The van der Waals surface area contributed by atoms with Crippen molar-refractivity contribution in [3.05, 3.63) is 42.0 Å². The van der Waals surface area contributed by atoms with Crippen LogP contribution in [0.25, 0.3) is 21.3 Å². The molecule has 0 radical (unpaired) electrons. The summed E-state index contributed by atoms with van der Waals surface area (Å²) in [5.41, 5.74) is 2.88. The molecule has 0 saturated carbocycles. The molecule has 0 saturated heterocycles. The number of benzene rings is 2. The predicted molar refractivity (Wildman–Crippen MR) is 96.2 cm³/mol. The van der Waals surface area contributed by atoms with Crippen LogP contribution in [0, 0.1) is 0 Å². The van der Waals surface area contributed by atoms with E-state index in [9.17, 15) is 4.79 Å². The molecule has 4 aromatic rings. The lowest BCUT2D eigenvalue weighted by Gasteiger charge is -2.00. The van der Waals surface area contributed by atoms with Crippen molar-refractivity contribution < 1.29 is 9.53 Å². The molecule has 2 heterocycles. The molecule has 0 bridgehead atoms. The Morgan fingerprint density at radius 2 is 1.96 bits per heavy atom. The Labute approximate surface area is 145 Å². The van der Waals surface area contributed by atoms with E-state index in [1.807, 2.05) is 25.1 Å². The highest BCUT2D eigenvalue weighted by atomic mass is 32.1. The summed E-state index contributed by atoms with van der Waals surface area (Å²) in [4.78, 5) is 16.8. The van der Waals surface area contributed by atoms with Gasteiger partial charge in [0.2, 0.25) is 0 Å². The van der Waals surface area contributed by atoms with Crippen LogP contribution in [0.4, 0.5) is 5.13 Å². The van der Waals surface area contributed by atoms with Crippen molar-refractivity contribution in [2.45, 2.75) is 6.92 Å². The first-order chi connectivity index (χ1) is 11.7. The van der Waals surface area contributed by atoms with Crippen LogP contribution in [0.5, 0.6) is 5.75 Å². The lowest BCUT2D eigenvalue weighted by molar-refractivity contribution is 0.102. The van der Waals surface area contributed by atoms with Crippen molar-refractivity contribution in [2.75, 3.05) is 11.9 Å². The second-order valence-electron chi connectivity index (χ2n) is 5.00. The minimum Gasteiger partial charge on any atom is -0.494 e. The molecule has 0 aliphatic heterocycles. The van der Waals surface area contributed by atoms with Gasteiger partial charge >= 0.3 is 0 Å². The van der Waals surface area contributed by atoms with Crippen LogP contribution >= 0.6 is 23.1 Å². The van der Waals surface area contributed by atoms with Crippen LogP contribution < -0.4 is 10.1 Å².